The minimum absolute atomic E-state index is 0.111. The Labute approximate surface area is 108 Å². The van der Waals surface area contributed by atoms with Crippen LogP contribution in [0.2, 0.25) is 0 Å². The van der Waals surface area contributed by atoms with Crippen molar-refractivity contribution in [1.82, 2.24) is 0 Å². The molecule has 1 aromatic carbocycles. The summed E-state index contributed by atoms with van der Waals surface area (Å²) in [6, 6.07) is 5.80. The van der Waals surface area contributed by atoms with E-state index in [1.165, 1.54) is 4.90 Å². The number of carbonyl (C=O) groups is 1. The normalized spacial score (nSPS) is 10.3. The molecule has 0 bridgehead atoms. The molecule has 0 aromatic heterocycles. The van der Waals surface area contributed by atoms with Crippen LogP contribution in [0.4, 0.5) is 0 Å². The number of ketones is 1. The van der Waals surface area contributed by atoms with Crippen LogP contribution >= 0.6 is 39.3 Å². The number of thioether (sulfide) groups is 1. The van der Waals surface area contributed by atoms with Crippen molar-refractivity contribution in [3.63, 3.8) is 0 Å². The molecule has 82 valence electrons. The Balaban J connectivity index is 2.97. The summed E-state index contributed by atoms with van der Waals surface area (Å²) in [5.74, 6) is 0.493. The minimum Gasteiger partial charge on any atom is -0.294 e. The predicted molar refractivity (Wildman–Crippen MR) is 70.5 cm³/mol. The summed E-state index contributed by atoms with van der Waals surface area (Å²) in [4.78, 5) is 12.8. The lowest BCUT2D eigenvalue weighted by atomic mass is 10.1. The van der Waals surface area contributed by atoms with Crippen molar-refractivity contribution in [3.05, 3.63) is 29.3 Å². The van der Waals surface area contributed by atoms with Crippen LogP contribution in [0, 0.1) is 0 Å². The molecule has 0 N–H and O–H groups in total. The summed E-state index contributed by atoms with van der Waals surface area (Å²) in [5, 5.41) is 0.769. The average Bonchev–Trinajstić information content (AvgIpc) is 2.28. The van der Waals surface area contributed by atoms with E-state index >= 15 is 0 Å². The van der Waals surface area contributed by atoms with E-state index in [2.05, 4.69) is 15.9 Å². The van der Waals surface area contributed by atoms with Gasteiger partial charge in [0.25, 0.3) is 0 Å². The lowest BCUT2D eigenvalue weighted by Gasteiger charge is -2.06. The molecule has 0 heterocycles. The molecular formula is C11H12BrClOS. The van der Waals surface area contributed by atoms with E-state index in [1.54, 1.807) is 11.8 Å². The number of benzene rings is 1. The van der Waals surface area contributed by atoms with Gasteiger partial charge in [0.15, 0.2) is 5.78 Å². The van der Waals surface area contributed by atoms with Crippen molar-refractivity contribution >= 4 is 45.1 Å². The molecule has 0 aliphatic carbocycles. The SMILES string of the molecule is CSc1ccc(C(=O)CCCl)cc1CBr. The maximum atomic E-state index is 11.6. The smallest absolute Gasteiger partial charge is 0.164 e. The monoisotopic (exact) mass is 306 g/mol. The van der Waals surface area contributed by atoms with E-state index in [1.807, 2.05) is 24.5 Å². The fourth-order valence-corrected chi connectivity index (χ4v) is 2.71. The van der Waals surface area contributed by atoms with Gasteiger partial charge in [0.05, 0.1) is 0 Å². The zero-order chi connectivity index (χ0) is 11.3. The van der Waals surface area contributed by atoms with Gasteiger partial charge in [-0.1, -0.05) is 22.0 Å². The third-order valence-electron chi connectivity index (χ3n) is 2.07. The molecule has 0 atom stereocenters. The van der Waals surface area contributed by atoms with Gasteiger partial charge in [-0.3, -0.25) is 4.79 Å². The summed E-state index contributed by atoms with van der Waals surface area (Å²) in [7, 11) is 0. The molecule has 0 radical (unpaired) electrons. The average molecular weight is 308 g/mol. The largest absolute Gasteiger partial charge is 0.294 e. The van der Waals surface area contributed by atoms with Crippen LogP contribution in [0.1, 0.15) is 22.3 Å². The van der Waals surface area contributed by atoms with Gasteiger partial charge in [0, 0.05) is 28.1 Å². The zero-order valence-corrected chi connectivity index (χ0v) is 11.6. The number of halogens is 2. The maximum absolute atomic E-state index is 11.6. The number of Topliss-reactive ketones (excluding diaryl/α,β-unsaturated/α-hetero) is 1. The molecule has 4 heteroatoms. The fraction of sp³-hybridized carbons (Fsp3) is 0.364. The maximum Gasteiger partial charge on any atom is 0.164 e. The molecule has 0 spiro atoms. The standard InChI is InChI=1S/C11H12BrClOS/c1-15-11-3-2-8(6-9(11)7-12)10(14)4-5-13/h2-3,6H,4-5,7H2,1H3. The van der Waals surface area contributed by atoms with Gasteiger partial charge in [0.1, 0.15) is 0 Å². The van der Waals surface area contributed by atoms with Crippen LogP contribution in [0.25, 0.3) is 0 Å². The first kappa shape index (κ1) is 13.1. The van der Waals surface area contributed by atoms with Crippen molar-refractivity contribution in [2.45, 2.75) is 16.6 Å². The first-order valence-corrected chi connectivity index (χ1v) is 7.43. The highest BCUT2D eigenvalue weighted by Crippen LogP contribution is 2.24. The number of rotatable bonds is 5. The second-order valence-electron chi connectivity index (χ2n) is 3.02. The summed E-state index contributed by atoms with van der Waals surface area (Å²) < 4.78 is 0. The van der Waals surface area contributed by atoms with Crippen LogP contribution < -0.4 is 0 Å². The van der Waals surface area contributed by atoms with Crippen LogP contribution in [0.5, 0.6) is 0 Å². The van der Waals surface area contributed by atoms with Gasteiger partial charge in [-0.05, 0) is 24.0 Å². The van der Waals surface area contributed by atoms with Crippen molar-refractivity contribution < 1.29 is 4.79 Å². The molecule has 0 aliphatic rings. The van der Waals surface area contributed by atoms with Crippen LogP contribution in [-0.2, 0) is 5.33 Å². The Morgan fingerprint density at radius 2 is 2.27 bits per heavy atom. The lowest BCUT2D eigenvalue weighted by molar-refractivity contribution is 0.0989. The zero-order valence-electron chi connectivity index (χ0n) is 8.43. The van der Waals surface area contributed by atoms with Gasteiger partial charge in [-0.15, -0.1) is 23.4 Å². The number of carbonyl (C=O) groups excluding carboxylic acids is 1. The molecule has 0 unspecified atom stereocenters. The molecule has 1 rings (SSSR count). The van der Waals surface area contributed by atoms with Crippen molar-refractivity contribution in [2.24, 2.45) is 0 Å². The molecule has 0 fully saturated rings. The van der Waals surface area contributed by atoms with E-state index in [4.69, 9.17) is 11.6 Å². The second-order valence-corrected chi connectivity index (χ2v) is 4.81. The van der Waals surface area contributed by atoms with Gasteiger partial charge >= 0.3 is 0 Å². The predicted octanol–water partition coefficient (Wildman–Crippen LogP) is 4.12. The second kappa shape index (κ2) is 6.56. The highest BCUT2D eigenvalue weighted by Gasteiger charge is 2.08. The summed E-state index contributed by atoms with van der Waals surface area (Å²) in [6.45, 7) is 0. The summed E-state index contributed by atoms with van der Waals surface area (Å²) >= 11 is 10.7. The number of hydrogen-bond acceptors (Lipinski definition) is 2. The van der Waals surface area contributed by atoms with Crippen LogP contribution in [-0.4, -0.2) is 17.9 Å². The molecular weight excluding hydrogens is 296 g/mol. The minimum atomic E-state index is 0.111. The first-order chi connectivity index (χ1) is 7.22. The molecule has 15 heavy (non-hydrogen) atoms. The number of alkyl halides is 2. The Kier molecular flexibility index (Phi) is 5.72. The van der Waals surface area contributed by atoms with Gasteiger partial charge < -0.3 is 0 Å². The molecule has 0 saturated heterocycles. The van der Waals surface area contributed by atoms with Crippen LogP contribution in [0.15, 0.2) is 23.1 Å². The summed E-state index contributed by atoms with van der Waals surface area (Å²) in [6.07, 6.45) is 2.43. The first-order valence-electron chi connectivity index (χ1n) is 4.55. The summed E-state index contributed by atoms with van der Waals surface area (Å²) in [5.41, 5.74) is 1.91. The van der Waals surface area contributed by atoms with Crippen molar-refractivity contribution in [3.8, 4) is 0 Å². The molecule has 1 aromatic rings. The van der Waals surface area contributed by atoms with Crippen LogP contribution in [0.3, 0.4) is 0 Å². The Hall–Kier alpha value is 0.01000. The Bertz CT molecular complexity index is 354. The van der Waals surface area contributed by atoms with E-state index in [-0.39, 0.29) is 5.78 Å². The van der Waals surface area contributed by atoms with Gasteiger partial charge in [0.2, 0.25) is 0 Å². The molecule has 0 aliphatic heterocycles. The van der Waals surface area contributed by atoms with E-state index in [9.17, 15) is 4.79 Å². The third kappa shape index (κ3) is 3.51. The van der Waals surface area contributed by atoms with Crippen molar-refractivity contribution in [2.75, 3.05) is 12.1 Å². The molecule has 0 amide bonds. The van der Waals surface area contributed by atoms with E-state index in [0.29, 0.717) is 12.3 Å². The van der Waals surface area contributed by atoms with Gasteiger partial charge in [-0.2, -0.15) is 0 Å². The quantitative estimate of drug-likeness (QED) is 0.462. The fourth-order valence-electron chi connectivity index (χ4n) is 1.29. The molecule has 0 saturated carbocycles. The van der Waals surface area contributed by atoms with E-state index in [0.717, 1.165) is 16.5 Å². The highest BCUT2D eigenvalue weighted by molar-refractivity contribution is 9.08. The van der Waals surface area contributed by atoms with Crippen molar-refractivity contribution in [1.29, 1.82) is 0 Å². The third-order valence-corrected chi connectivity index (χ3v) is 3.70. The Morgan fingerprint density at radius 3 is 2.80 bits per heavy atom. The topological polar surface area (TPSA) is 17.1 Å². The lowest BCUT2D eigenvalue weighted by Crippen LogP contribution is -2.00. The van der Waals surface area contributed by atoms with E-state index < -0.39 is 0 Å². The van der Waals surface area contributed by atoms with Gasteiger partial charge in [-0.25, -0.2) is 0 Å². The Morgan fingerprint density at radius 1 is 1.53 bits per heavy atom. The number of hydrogen-bond donors (Lipinski definition) is 0. The highest BCUT2D eigenvalue weighted by atomic mass is 79.9. The molecule has 1 nitrogen and oxygen atoms in total.